The third kappa shape index (κ3) is 4.40. The van der Waals surface area contributed by atoms with Gasteiger partial charge in [0.1, 0.15) is 5.82 Å². The van der Waals surface area contributed by atoms with Crippen molar-refractivity contribution in [2.75, 3.05) is 5.32 Å². The fourth-order valence-electron chi connectivity index (χ4n) is 3.06. The minimum atomic E-state index is -0.360. The van der Waals surface area contributed by atoms with E-state index in [1.54, 1.807) is 0 Å². The van der Waals surface area contributed by atoms with E-state index in [-0.39, 0.29) is 30.3 Å². The number of nitrogens with one attached hydrogen (secondary N) is 2. The molecule has 28 heavy (non-hydrogen) atoms. The summed E-state index contributed by atoms with van der Waals surface area (Å²) in [6.45, 7) is 1.84. The third-order valence-electron chi connectivity index (χ3n) is 4.99. The lowest BCUT2D eigenvalue weighted by Crippen LogP contribution is -2.30. The fourth-order valence-corrected chi connectivity index (χ4v) is 3.06. The van der Waals surface area contributed by atoms with Crippen LogP contribution in [-0.4, -0.2) is 21.1 Å². The van der Waals surface area contributed by atoms with E-state index in [0.29, 0.717) is 17.4 Å². The van der Waals surface area contributed by atoms with Crippen LogP contribution in [0.2, 0.25) is 0 Å². The van der Waals surface area contributed by atoms with Crippen molar-refractivity contribution in [3.05, 3.63) is 66.0 Å². The second-order valence-corrected chi connectivity index (χ2v) is 7.11. The Kier molecular flexibility index (Phi) is 6.11. The molecule has 146 valence electrons. The quantitative estimate of drug-likeness (QED) is 0.584. The Labute approximate surface area is 170 Å². The Bertz CT molecular complexity index is 939. The summed E-state index contributed by atoms with van der Waals surface area (Å²) in [5.41, 5.74) is 8.79. The zero-order chi connectivity index (χ0) is 18.8. The predicted molar refractivity (Wildman–Crippen MR) is 112 cm³/mol. The summed E-state index contributed by atoms with van der Waals surface area (Å²) < 4.78 is 0. The molecule has 2 unspecified atom stereocenters. The monoisotopic (exact) mass is 397 g/mol. The van der Waals surface area contributed by atoms with Crippen molar-refractivity contribution in [1.29, 1.82) is 0 Å². The number of aromatic nitrogens is 3. The molecule has 4 N–H and O–H groups in total. The van der Waals surface area contributed by atoms with Crippen LogP contribution in [0.1, 0.15) is 43.1 Å². The second kappa shape index (κ2) is 8.54. The molecule has 1 heterocycles. The van der Waals surface area contributed by atoms with Crippen molar-refractivity contribution in [2.45, 2.75) is 31.7 Å². The zero-order valence-electron chi connectivity index (χ0n) is 15.6. The molecule has 1 amide bonds. The molecule has 1 fully saturated rings. The van der Waals surface area contributed by atoms with E-state index >= 15 is 0 Å². The first kappa shape index (κ1) is 20.0. The molecule has 0 spiro atoms. The number of aromatic amines is 1. The first-order valence-electron chi connectivity index (χ1n) is 9.26. The molecule has 1 aliphatic rings. The molecular weight excluding hydrogens is 374 g/mol. The van der Waals surface area contributed by atoms with Crippen LogP contribution in [0.3, 0.4) is 0 Å². The molecule has 6 nitrogen and oxygen atoms in total. The van der Waals surface area contributed by atoms with Gasteiger partial charge in [0.2, 0.25) is 5.91 Å². The van der Waals surface area contributed by atoms with Crippen molar-refractivity contribution < 1.29 is 4.79 Å². The van der Waals surface area contributed by atoms with E-state index in [2.05, 4.69) is 20.5 Å². The highest BCUT2D eigenvalue weighted by Crippen LogP contribution is 2.38. The molecule has 2 atom stereocenters. The maximum absolute atomic E-state index is 12.6. The summed E-state index contributed by atoms with van der Waals surface area (Å²) >= 11 is 0. The number of carbonyl (C=O) groups is 1. The summed E-state index contributed by atoms with van der Waals surface area (Å²) in [6.07, 6.45) is 2.34. The van der Waals surface area contributed by atoms with Gasteiger partial charge >= 0.3 is 0 Å². The Balaban J connectivity index is 0.00000225. The van der Waals surface area contributed by atoms with Crippen molar-refractivity contribution in [3.8, 4) is 11.4 Å². The molecule has 1 aromatic heterocycles. The lowest BCUT2D eigenvalue weighted by atomic mass is 9.94. The number of carbonyl (C=O) groups excluding carboxylic acids is 1. The molecule has 4 rings (SSSR count). The van der Waals surface area contributed by atoms with Gasteiger partial charge in [-0.3, -0.25) is 9.89 Å². The van der Waals surface area contributed by atoms with E-state index in [9.17, 15) is 4.79 Å². The van der Waals surface area contributed by atoms with Gasteiger partial charge in [-0.25, -0.2) is 4.98 Å². The summed E-state index contributed by atoms with van der Waals surface area (Å²) in [7, 11) is 0. The highest BCUT2D eigenvalue weighted by molar-refractivity contribution is 5.93. The summed E-state index contributed by atoms with van der Waals surface area (Å²) in [5, 5.41) is 10.3. The molecule has 1 saturated carbocycles. The summed E-state index contributed by atoms with van der Waals surface area (Å²) in [6, 6.07) is 16.9. The molecule has 7 heteroatoms. The van der Waals surface area contributed by atoms with Crippen LogP contribution in [-0.2, 0) is 4.79 Å². The predicted octanol–water partition coefficient (Wildman–Crippen LogP) is 4.05. The number of benzene rings is 2. The molecule has 2 aromatic carbocycles. The van der Waals surface area contributed by atoms with Gasteiger partial charge in [0.05, 0.1) is 5.92 Å². The zero-order valence-corrected chi connectivity index (χ0v) is 16.4. The van der Waals surface area contributed by atoms with Crippen LogP contribution in [0.5, 0.6) is 0 Å². The van der Waals surface area contributed by atoms with E-state index in [1.807, 2.05) is 61.5 Å². The number of anilines is 1. The standard InChI is InChI=1S/C21H23N5O.ClH/c1-13(18(22)14-6-3-2-4-7-14)21(27)23-17-9-5-8-16(12-17)20-24-19(25-26-20)15-10-11-15;/h2-9,12-13,15,18H,10-11,22H2,1H3,(H,23,27)(H,24,25,26);1H. The molecular formula is C21H24ClN5O. The van der Waals surface area contributed by atoms with Gasteiger partial charge in [-0.1, -0.05) is 49.4 Å². The summed E-state index contributed by atoms with van der Waals surface area (Å²) in [4.78, 5) is 17.2. The van der Waals surface area contributed by atoms with Crippen LogP contribution in [0.4, 0.5) is 5.69 Å². The Morgan fingerprint density at radius 1 is 1.18 bits per heavy atom. The number of hydrogen-bond donors (Lipinski definition) is 3. The average molecular weight is 398 g/mol. The minimum absolute atomic E-state index is 0. The molecule has 3 aromatic rings. The van der Waals surface area contributed by atoms with E-state index in [4.69, 9.17) is 5.73 Å². The van der Waals surface area contributed by atoms with Gasteiger partial charge in [0, 0.05) is 23.2 Å². The molecule has 1 aliphatic carbocycles. The smallest absolute Gasteiger partial charge is 0.229 e. The van der Waals surface area contributed by atoms with Crippen LogP contribution < -0.4 is 11.1 Å². The minimum Gasteiger partial charge on any atom is -0.326 e. The highest BCUT2D eigenvalue weighted by atomic mass is 35.5. The Morgan fingerprint density at radius 2 is 1.93 bits per heavy atom. The topological polar surface area (TPSA) is 96.7 Å². The van der Waals surface area contributed by atoms with Crippen LogP contribution in [0.15, 0.2) is 54.6 Å². The van der Waals surface area contributed by atoms with Gasteiger partial charge in [0.25, 0.3) is 0 Å². The number of H-pyrrole nitrogens is 1. The van der Waals surface area contributed by atoms with Gasteiger partial charge < -0.3 is 11.1 Å². The number of hydrogen-bond acceptors (Lipinski definition) is 4. The number of rotatable bonds is 6. The number of amides is 1. The largest absolute Gasteiger partial charge is 0.326 e. The number of nitrogens with two attached hydrogens (primary N) is 1. The van der Waals surface area contributed by atoms with E-state index < -0.39 is 0 Å². The maximum Gasteiger partial charge on any atom is 0.229 e. The fraction of sp³-hybridized carbons (Fsp3) is 0.286. The van der Waals surface area contributed by atoms with Gasteiger partial charge in [0.15, 0.2) is 5.82 Å². The molecule has 0 saturated heterocycles. The maximum atomic E-state index is 12.6. The van der Waals surface area contributed by atoms with Crippen molar-refractivity contribution >= 4 is 24.0 Å². The van der Waals surface area contributed by atoms with Crippen LogP contribution in [0, 0.1) is 5.92 Å². The second-order valence-electron chi connectivity index (χ2n) is 7.11. The van der Waals surface area contributed by atoms with E-state index in [0.717, 1.165) is 17.0 Å². The first-order valence-corrected chi connectivity index (χ1v) is 9.26. The Hall–Kier alpha value is -2.70. The molecule has 0 aliphatic heterocycles. The van der Waals surface area contributed by atoms with Crippen LogP contribution >= 0.6 is 12.4 Å². The summed E-state index contributed by atoms with van der Waals surface area (Å²) in [5.74, 6) is 1.65. The molecule has 0 bridgehead atoms. The molecule has 0 radical (unpaired) electrons. The average Bonchev–Trinajstić information content (AvgIpc) is 3.44. The normalized spacial score (nSPS) is 15.4. The van der Waals surface area contributed by atoms with Crippen LogP contribution in [0.25, 0.3) is 11.4 Å². The van der Waals surface area contributed by atoms with Gasteiger partial charge in [-0.15, -0.1) is 12.4 Å². The van der Waals surface area contributed by atoms with Gasteiger partial charge in [-0.2, -0.15) is 5.10 Å². The van der Waals surface area contributed by atoms with Crippen molar-refractivity contribution in [2.24, 2.45) is 11.7 Å². The number of nitrogens with zero attached hydrogens (tertiary/aromatic N) is 2. The number of halogens is 1. The highest BCUT2D eigenvalue weighted by Gasteiger charge is 2.27. The van der Waals surface area contributed by atoms with Crippen molar-refractivity contribution in [3.63, 3.8) is 0 Å². The van der Waals surface area contributed by atoms with Crippen molar-refractivity contribution in [1.82, 2.24) is 15.2 Å². The third-order valence-corrected chi connectivity index (χ3v) is 4.99. The lowest BCUT2D eigenvalue weighted by Gasteiger charge is -2.20. The SMILES string of the molecule is CC(C(=O)Nc1cccc(-c2n[nH]c(C3CC3)n2)c1)C(N)c1ccccc1.Cl. The Morgan fingerprint density at radius 3 is 2.64 bits per heavy atom. The lowest BCUT2D eigenvalue weighted by molar-refractivity contribution is -0.120. The van der Waals surface area contributed by atoms with E-state index in [1.165, 1.54) is 12.8 Å². The first-order chi connectivity index (χ1) is 13.1. The van der Waals surface area contributed by atoms with Gasteiger partial charge in [-0.05, 0) is 30.5 Å².